The van der Waals surface area contributed by atoms with Crippen LogP contribution in [0, 0.1) is 29.6 Å². The van der Waals surface area contributed by atoms with Gasteiger partial charge in [0.05, 0.1) is 13.0 Å². The summed E-state index contributed by atoms with van der Waals surface area (Å²) in [6.07, 6.45) is 10.6. The Morgan fingerprint density at radius 1 is 1.03 bits per heavy atom. The van der Waals surface area contributed by atoms with Gasteiger partial charge in [-0.15, -0.1) is 0 Å². The van der Waals surface area contributed by atoms with Crippen molar-refractivity contribution in [3.8, 4) is 0 Å². The summed E-state index contributed by atoms with van der Waals surface area (Å²) in [6.45, 7) is 6.01. The molecule has 6 nitrogen and oxygen atoms in total. The molecule has 5 atom stereocenters. The molecule has 0 radical (unpaired) electrons. The second-order valence-corrected chi connectivity index (χ2v) is 9.29. The maximum Gasteiger partial charge on any atom is 0.306 e. The number of ketones is 2. The summed E-state index contributed by atoms with van der Waals surface area (Å²) < 4.78 is 4.65. The van der Waals surface area contributed by atoms with Crippen LogP contribution < -0.4 is 0 Å². The first-order valence-corrected chi connectivity index (χ1v) is 12.1. The molecule has 0 aliphatic heterocycles. The van der Waals surface area contributed by atoms with Crippen molar-refractivity contribution in [3.63, 3.8) is 0 Å². The van der Waals surface area contributed by atoms with E-state index in [1.54, 1.807) is 6.92 Å². The summed E-state index contributed by atoms with van der Waals surface area (Å²) in [7, 11) is 1.40. The minimum Gasteiger partial charge on any atom is -0.481 e. The summed E-state index contributed by atoms with van der Waals surface area (Å²) in [6, 6.07) is 0. The first-order valence-electron chi connectivity index (χ1n) is 12.1. The van der Waals surface area contributed by atoms with E-state index < -0.39 is 5.97 Å². The van der Waals surface area contributed by atoms with E-state index in [1.807, 2.05) is 0 Å². The van der Waals surface area contributed by atoms with Crippen molar-refractivity contribution in [2.45, 2.75) is 97.8 Å². The van der Waals surface area contributed by atoms with Crippen molar-refractivity contribution in [2.24, 2.45) is 29.6 Å². The Labute approximate surface area is 187 Å². The number of hydrogen-bond acceptors (Lipinski definition) is 5. The molecule has 0 heterocycles. The Balaban J connectivity index is 0.000000311. The standard InChI is InChI=1S/C13H22O3.C12H20O3/c1-3-4-5-6-11-10(7-8-12(11)14)9(2)13(15)16;1-3-4-5-9-6-11(13)7-10(9)8-12(14)15-2/h9-11H,3-8H2,1-2H3,(H,15,16);9-10H,3-8H2,1-2H3. The fraction of sp³-hybridized carbons (Fsp3) is 0.840. The van der Waals surface area contributed by atoms with Gasteiger partial charge in [-0.25, -0.2) is 0 Å². The molecule has 2 rings (SSSR count). The number of carboxylic acid groups (broad SMARTS) is 1. The first-order chi connectivity index (χ1) is 14.7. The number of Topliss-reactive ketones (excluding diaryl/α,β-unsaturated/α-hetero) is 2. The van der Waals surface area contributed by atoms with E-state index in [1.165, 1.54) is 7.11 Å². The number of rotatable bonds is 11. The van der Waals surface area contributed by atoms with Gasteiger partial charge >= 0.3 is 11.9 Å². The van der Waals surface area contributed by atoms with Crippen LogP contribution in [0.3, 0.4) is 0 Å². The molecule has 2 aliphatic rings. The normalized spacial score (nSPS) is 26.3. The number of esters is 1. The third kappa shape index (κ3) is 9.12. The molecular formula is C25H42O6. The van der Waals surface area contributed by atoms with Crippen LogP contribution in [0.15, 0.2) is 0 Å². The van der Waals surface area contributed by atoms with Gasteiger partial charge in [-0.05, 0) is 37.0 Å². The zero-order valence-corrected chi connectivity index (χ0v) is 19.9. The second-order valence-electron chi connectivity index (χ2n) is 9.29. The highest BCUT2D eigenvalue weighted by Crippen LogP contribution is 2.38. The molecule has 2 fully saturated rings. The lowest BCUT2D eigenvalue weighted by molar-refractivity contribution is -0.144. The molecule has 0 aromatic carbocycles. The van der Waals surface area contributed by atoms with Crippen LogP contribution in [-0.2, 0) is 23.9 Å². The summed E-state index contributed by atoms with van der Waals surface area (Å²) >= 11 is 0. The number of hydrogen-bond donors (Lipinski definition) is 1. The number of aliphatic carboxylic acids is 1. The summed E-state index contributed by atoms with van der Waals surface area (Å²) in [5, 5.41) is 9.01. The number of ether oxygens (including phenoxy) is 1. The average Bonchev–Trinajstić information content (AvgIpc) is 3.28. The highest BCUT2D eigenvalue weighted by atomic mass is 16.5. The molecule has 178 valence electrons. The average molecular weight is 439 g/mol. The first kappa shape index (κ1) is 27.3. The van der Waals surface area contributed by atoms with Crippen LogP contribution >= 0.6 is 0 Å². The molecule has 2 saturated carbocycles. The van der Waals surface area contributed by atoms with Gasteiger partial charge in [-0.2, -0.15) is 0 Å². The van der Waals surface area contributed by atoms with Gasteiger partial charge in [0.25, 0.3) is 0 Å². The van der Waals surface area contributed by atoms with Crippen molar-refractivity contribution >= 4 is 23.5 Å². The minimum atomic E-state index is -0.764. The van der Waals surface area contributed by atoms with Crippen molar-refractivity contribution < 1.29 is 29.0 Å². The lowest BCUT2D eigenvalue weighted by Gasteiger charge is -2.21. The van der Waals surface area contributed by atoms with Gasteiger partial charge < -0.3 is 9.84 Å². The zero-order valence-electron chi connectivity index (χ0n) is 19.9. The van der Waals surface area contributed by atoms with Gasteiger partial charge in [-0.1, -0.05) is 52.9 Å². The molecule has 0 aromatic heterocycles. The number of carbonyl (C=O) groups excluding carboxylic acids is 3. The number of carboxylic acids is 1. The van der Waals surface area contributed by atoms with Crippen molar-refractivity contribution in [3.05, 3.63) is 0 Å². The number of carbonyl (C=O) groups is 4. The largest absolute Gasteiger partial charge is 0.481 e. The topological polar surface area (TPSA) is 97.7 Å². The van der Waals surface area contributed by atoms with Crippen LogP contribution in [-0.4, -0.2) is 35.7 Å². The van der Waals surface area contributed by atoms with E-state index in [-0.39, 0.29) is 35.4 Å². The molecule has 6 heteroatoms. The molecule has 0 aromatic rings. The Kier molecular flexibility index (Phi) is 12.7. The Morgan fingerprint density at radius 2 is 1.68 bits per heavy atom. The maximum atomic E-state index is 11.7. The fourth-order valence-electron chi connectivity index (χ4n) is 5.05. The van der Waals surface area contributed by atoms with E-state index in [4.69, 9.17) is 5.11 Å². The lowest BCUT2D eigenvalue weighted by atomic mass is 9.82. The molecule has 5 unspecified atom stereocenters. The monoisotopic (exact) mass is 438 g/mol. The summed E-state index contributed by atoms with van der Waals surface area (Å²) in [5.41, 5.74) is 0. The minimum absolute atomic E-state index is 0.0117. The predicted octanol–water partition coefficient (Wildman–Crippen LogP) is 5.22. The van der Waals surface area contributed by atoms with E-state index in [9.17, 15) is 19.2 Å². The predicted molar refractivity (Wildman–Crippen MR) is 120 cm³/mol. The van der Waals surface area contributed by atoms with Crippen LogP contribution in [0.25, 0.3) is 0 Å². The van der Waals surface area contributed by atoms with Crippen LogP contribution in [0.1, 0.15) is 97.8 Å². The number of unbranched alkanes of at least 4 members (excludes halogenated alkanes) is 3. The third-order valence-electron chi connectivity index (χ3n) is 7.04. The summed E-state index contributed by atoms with van der Waals surface area (Å²) in [4.78, 5) is 45.2. The van der Waals surface area contributed by atoms with Crippen molar-refractivity contribution in [1.29, 1.82) is 0 Å². The van der Waals surface area contributed by atoms with Crippen LogP contribution in [0.2, 0.25) is 0 Å². The molecule has 0 amide bonds. The fourth-order valence-corrected chi connectivity index (χ4v) is 5.05. The van der Waals surface area contributed by atoms with E-state index in [0.29, 0.717) is 37.4 Å². The van der Waals surface area contributed by atoms with Gasteiger partial charge in [0, 0.05) is 31.6 Å². The molecular weight excluding hydrogens is 396 g/mol. The van der Waals surface area contributed by atoms with E-state index >= 15 is 0 Å². The quantitative estimate of drug-likeness (QED) is 0.351. The summed E-state index contributed by atoms with van der Waals surface area (Å²) in [5.74, 6) is 0.00114. The number of methoxy groups -OCH3 is 1. The van der Waals surface area contributed by atoms with Crippen molar-refractivity contribution in [1.82, 2.24) is 0 Å². The van der Waals surface area contributed by atoms with E-state index in [2.05, 4.69) is 18.6 Å². The van der Waals surface area contributed by atoms with Crippen LogP contribution in [0.4, 0.5) is 0 Å². The van der Waals surface area contributed by atoms with Gasteiger partial charge in [-0.3, -0.25) is 19.2 Å². The Morgan fingerprint density at radius 3 is 2.26 bits per heavy atom. The highest BCUT2D eigenvalue weighted by molar-refractivity contribution is 5.84. The second kappa shape index (κ2) is 14.4. The SMILES string of the molecule is CCCCC1CC(=O)CC1CC(=O)OC.CCCCCC1C(=O)CCC1C(C)C(=O)O. The Hall–Kier alpha value is -1.72. The molecule has 0 spiro atoms. The smallest absolute Gasteiger partial charge is 0.306 e. The molecule has 1 N–H and O–H groups in total. The highest BCUT2D eigenvalue weighted by Gasteiger charge is 2.39. The van der Waals surface area contributed by atoms with Crippen molar-refractivity contribution in [2.75, 3.05) is 7.11 Å². The molecule has 31 heavy (non-hydrogen) atoms. The maximum absolute atomic E-state index is 11.7. The third-order valence-corrected chi connectivity index (χ3v) is 7.04. The lowest BCUT2D eigenvalue weighted by Crippen LogP contribution is -2.26. The van der Waals surface area contributed by atoms with Crippen LogP contribution in [0.5, 0.6) is 0 Å². The van der Waals surface area contributed by atoms with E-state index in [0.717, 1.165) is 51.4 Å². The Bertz CT molecular complexity index is 599. The molecule has 0 bridgehead atoms. The van der Waals surface area contributed by atoms with Gasteiger partial charge in [0.1, 0.15) is 11.6 Å². The molecule has 2 aliphatic carbocycles. The molecule has 0 saturated heterocycles. The zero-order chi connectivity index (χ0) is 23.4. The van der Waals surface area contributed by atoms with Gasteiger partial charge in [0.2, 0.25) is 0 Å². The van der Waals surface area contributed by atoms with Gasteiger partial charge in [0.15, 0.2) is 0 Å².